The Morgan fingerprint density at radius 3 is 2.59 bits per heavy atom. The molecule has 2 N–H and O–H groups in total. The Kier molecular flexibility index (Phi) is 7.01. The molecule has 1 amide bonds. The maximum Gasteiger partial charge on any atom is 0.337 e. The standard InChI is InChI=1S/C15H20N2O5/c1-2-3-4-7-11(17(21)22)10-14(18)16-13-9-6-5-8-12(13)15(19)20/h5-6,8-9,11H,2-4,7,10H2,1H3,(H,16,18)(H,19,20). The molecule has 0 saturated carbocycles. The lowest BCUT2D eigenvalue weighted by molar-refractivity contribution is -0.522. The van der Waals surface area contributed by atoms with E-state index in [0.717, 1.165) is 12.8 Å². The third-order valence-electron chi connectivity index (χ3n) is 3.29. The van der Waals surface area contributed by atoms with Crippen molar-refractivity contribution in [3.8, 4) is 0 Å². The van der Waals surface area contributed by atoms with Gasteiger partial charge in [-0.1, -0.05) is 31.9 Å². The average Bonchev–Trinajstić information content (AvgIpc) is 2.46. The van der Waals surface area contributed by atoms with E-state index in [1.165, 1.54) is 12.1 Å². The summed E-state index contributed by atoms with van der Waals surface area (Å²) in [6, 6.07) is 5.02. The first-order chi connectivity index (χ1) is 10.5. The number of carbonyl (C=O) groups excluding carboxylic acids is 1. The van der Waals surface area contributed by atoms with Crippen molar-refractivity contribution in [2.75, 3.05) is 5.32 Å². The number of hydrogen-bond donors (Lipinski definition) is 2. The van der Waals surface area contributed by atoms with E-state index >= 15 is 0 Å². The Morgan fingerprint density at radius 1 is 1.32 bits per heavy atom. The highest BCUT2D eigenvalue weighted by Gasteiger charge is 2.24. The molecule has 0 radical (unpaired) electrons. The van der Waals surface area contributed by atoms with Gasteiger partial charge in [-0.2, -0.15) is 0 Å². The average molecular weight is 308 g/mol. The molecular weight excluding hydrogens is 288 g/mol. The quantitative estimate of drug-likeness (QED) is 0.414. The fourth-order valence-corrected chi connectivity index (χ4v) is 2.11. The number of benzene rings is 1. The summed E-state index contributed by atoms with van der Waals surface area (Å²) in [7, 11) is 0. The first kappa shape index (κ1) is 17.6. The second kappa shape index (κ2) is 8.76. The fourth-order valence-electron chi connectivity index (χ4n) is 2.11. The predicted molar refractivity (Wildman–Crippen MR) is 81.6 cm³/mol. The number of rotatable bonds is 9. The molecule has 0 bridgehead atoms. The van der Waals surface area contributed by atoms with E-state index in [9.17, 15) is 19.7 Å². The molecule has 22 heavy (non-hydrogen) atoms. The second-order valence-corrected chi connectivity index (χ2v) is 5.04. The molecule has 0 aliphatic heterocycles. The van der Waals surface area contributed by atoms with Crippen molar-refractivity contribution in [1.29, 1.82) is 0 Å². The number of carbonyl (C=O) groups is 2. The van der Waals surface area contributed by atoms with Crippen molar-refractivity contribution in [2.24, 2.45) is 0 Å². The van der Waals surface area contributed by atoms with Crippen LogP contribution in [0.4, 0.5) is 5.69 Å². The highest BCUT2D eigenvalue weighted by Crippen LogP contribution is 2.16. The van der Waals surface area contributed by atoms with Crippen LogP contribution in [-0.2, 0) is 4.79 Å². The number of hydrogen-bond acceptors (Lipinski definition) is 4. The van der Waals surface area contributed by atoms with Crippen LogP contribution in [0.1, 0.15) is 49.4 Å². The summed E-state index contributed by atoms with van der Waals surface area (Å²) in [5, 5.41) is 22.5. The van der Waals surface area contributed by atoms with Crippen LogP contribution in [0.25, 0.3) is 0 Å². The summed E-state index contributed by atoms with van der Waals surface area (Å²) in [5.74, 6) is -1.71. The number of nitro groups is 1. The molecule has 7 nitrogen and oxygen atoms in total. The zero-order valence-electron chi connectivity index (χ0n) is 12.4. The zero-order valence-corrected chi connectivity index (χ0v) is 12.4. The van der Waals surface area contributed by atoms with Crippen molar-refractivity contribution < 1.29 is 19.6 Å². The summed E-state index contributed by atoms with van der Waals surface area (Å²) < 4.78 is 0. The molecule has 1 rings (SSSR count). The molecule has 120 valence electrons. The Morgan fingerprint density at radius 2 is 2.00 bits per heavy atom. The minimum atomic E-state index is -1.16. The third-order valence-corrected chi connectivity index (χ3v) is 3.29. The molecule has 1 atom stereocenters. The highest BCUT2D eigenvalue weighted by molar-refractivity contribution is 6.00. The van der Waals surface area contributed by atoms with E-state index in [1.54, 1.807) is 12.1 Å². The minimum Gasteiger partial charge on any atom is -0.478 e. The number of unbranched alkanes of at least 4 members (excludes halogenated alkanes) is 2. The lowest BCUT2D eigenvalue weighted by Gasteiger charge is -2.11. The van der Waals surface area contributed by atoms with Crippen molar-refractivity contribution >= 4 is 17.6 Å². The lowest BCUT2D eigenvalue weighted by Crippen LogP contribution is -2.27. The van der Waals surface area contributed by atoms with Crippen LogP contribution in [0.15, 0.2) is 24.3 Å². The summed E-state index contributed by atoms with van der Waals surface area (Å²) >= 11 is 0. The van der Waals surface area contributed by atoms with Crippen LogP contribution >= 0.6 is 0 Å². The van der Waals surface area contributed by atoms with Gasteiger partial charge in [0.05, 0.1) is 17.7 Å². The van der Waals surface area contributed by atoms with Crippen molar-refractivity contribution in [3.05, 3.63) is 39.9 Å². The summed E-state index contributed by atoms with van der Waals surface area (Å²) in [4.78, 5) is 33.5. The van der Waals surface area contributed by atoms with Gasteiger partial charge in [-0.05, 0) is 18.6 Å². The highest BCUT2D eigenvalue weighted by atomic mass is 16.6. The Hall–Kier alpha value is -2.44. The van der Waals surface area contributed by atoms with E-state index < -0.39 is 22.8 Å². The molecule has 1 aromatic carbocycles. The van der Waals surface area contributed by atoms with Crippen LogP contribution in [0, 0.1) is 10.1 Å². The number of aromatic carboxylic acids is 1. The van der Waals surface area contributed by atoms with Crippen LogP contribution in [0.3, 0.4) is 0 Å². The normalized spacial score (nSPS) is 11.7. The molecule has 0 fully saturated rings. The Balaban J connectivity index is 2.68. The third kappa shape index (κ3) is 5.51. The Bertz CT molecular complexity index is 544. The maximum absolute atomic E-state index is 11.9. The number of amides is 1. The number of carboxylic acid groups (broad SMARTS) is 1. The monoisotopic (exact) mass is 308 g/mol. The molecular formula is C15H20N2O5. The number of nitrogens with one attached hydrogen (secondary N) is 1. The molecule has 0 aliphatic carbocycles. The molecule has 1 aromatic rings. The maximum atomic E-state index is 11.9. The van der Waals surface area contributed by atoms with Gasteiger partial charge in [-0.25, -0.2) is 4.79 Å². The molecule has 0 aliphatic rings. The Labute approximate surface area is 128 Å². The molecule has 0 aromatic heterocycles. The van der Waals surface area contributed by atoms with Gasteiger partial charge in [0.25, 0.3) is 0 Å². The first-order valence-corrected chi connectivity index (χ1v) is 7.21. The summed E-state index contributed by atoms with van der Waals surface area (Å²) in [6.45, 7) is 2.00. The van der Waals surface area contributed by atoms with Gasteiger partial charge < -0.3 is 10.4 Å². The summed E-state index contributed by atoms with van der Waals surface area (Å²) in [5.41, 5.74) is 0.107. The minimum absolute atomic E-state index is 0.0421. The smallest absolute Gasteiger partial charge is 0.337 e. The largest absolute Gasteiger partial charge is 0.478 e. The van der Waals surface area contributed by atoms with Gasteiger partial charge in [-0.15, -0.1) is 0 Å². The van der Waals surface area contributed by atoms with Crippen molar-refractivity contribution in [3.63, 3.8) is 0 Å². The number of para-hydroxylation sites is 1. The van der Waals surface area contributed by atoms with Crippen LogP contribution in [-0.4, -0.2) is 27.9 Å². The van der Waals surface area contributed by atoms with Gasteiger partial charge in [0.2, 0.25) is 11.9 Å². The predicted octanol–water partition coefficient (Wildman–Crippen LogP) is 2.94. The molecule has 0 saturated heterocycles. The SMILES string of the molecule is CCCCCC(CC(=O)Nc1ccccc1C(=O)O)[N+](=O)[O-]. The molecule has 0 heterocycles. The second-order valence-electron chi connectivity index (χ2n) is 5.04. The topological polar surface area (TPSA) is 110 Å². The van der Waals surface area contributed by atoms with Crippen molar-refractivity contribution in [2.45, 2.75) is 45.1 Å². The molecule has 1 unspecified atom stereocenters. The van der Waals surface area contributed by atoms with E-state index in [0.29, 0.717) is 12.8 Å². The van der Waals surface area contributed by atoms with Gasteiger partial charge in [0, 0.05) is 11.3 Å². The van der Waals surface area contributed by atoms with E-state index in [4.69, 9.17) is 5.11 Å². The van der Waals surface area contributed by atoms with Crippen LogP contribution < -0.4 is 5.32 Å². The first-order valence-electron chi connectivity index (χ1n) is 7.21. The van der Waals surface area contributed by atoms with Gasteiger partial charge in [-0.3, -0.25) is 14.9 Å². The van der Waals surface area contributed by atoms with E-state index in [1.807, 2.05) is 6.92 Å². The van der Waals surface area contributed by atoms with E-state index in [-0.39, 0.29) is 17.7 Å². The van der Waals surface area contributed by atoms with Gasteiger partial charge >= 0.3 is 5.97 Å². The molecule has 0 spiro atoms. The number of nitrogens with zero attached hydrogens (tertiary/aromatic N) is 1. The fraction of sp³-hybridized carbons (Fsp3) is 0.467. The van der Waals surface area contributed by atoms with Gasteiger partial charge in [0.15, 0.2) is 0 Å². The van der Waals surface area contributed by atoms with Crippen molar-refractivity contribution in [1.82, 2.24) is 0 Å². The molecule has 7 heteroatoms. The lowest BCUT2D eigenvalue weighted by atomic mass is 10.1. The van der Waals surface area contributed by atoms with Gasteiger partial charge in [0.1, 0.15) is 0 Å². The van der Waals surface area contributed by atoms with E-state index in [2.05, 4.69) is 5.32 Å². The van der Waals surface area contributed by atoms with Crippen LogP contribution in [0.5, 0.6) is 0 Å². The number of carboxylic acids is 1. The summed E-state index contributed by atoms with van der Waals surface area (Å²) in [6.07, 6.45) is 2.61. The van der Waals surface area contributed by atoms with Crippen LogP contribution in [0.2, 0.25) is 0 Å². The zero-order chi connectivity index (χ0) is 16.5. The number of anilines is 1.